The largest absolute Gasteiger partial charge is 0.744 e. The summed E-state index contributed by atoms with van der Waals surface area (Å²) in [6, 6.07) is 5.35. The van der Waals surface area contributed by atoms with Crippen LogP contribution in [0.15, 0.2) is 35.2 Å². The van der Waals surface area contributed by atoms with Gasteiger partial charge in [-0.2, -0.15) is 0 Å². The smallest absolute Gasteiger partial charge is 0.335 e. The van der Waals surface area contributed by atoms with Gasteiger partial charge in [-0.1, -0.05) is 6.07 Å². The second-order valence-corrected chi connectivity index (χ2v) is 7.93. The summed E-state index contributed by atoms with van der Waals surface area (Å²) >= 11 is 0. The van der Waals surface area contributed by atoms with Gasteiger partial charge in [-0.15, -0.1) is 0 Å². The molecule has 0 radical (unpaired) electrons. The molecule has 0 aromatic heterocycles. The van der Waals surface area contributed by atoms with Crippen LogP contribution in [0.4, 0.5) is 0 Å². The molecule has 0 unspecified atom stereocenters. The van der Waals surface area contributed by atoms with Gasteiger partial charge in [0.25, 0.3) is 0 Å². The van der Waals surface area contributed by atoms with Gasteiger partial charge in [-0.05, 0) is 57.3 Å². The van der Waals surface area contributed by atoms with Crippen LogP contribution in [0, 0.1) is 0 Å². The van der Waals surface area contributed by atoms with Gasteiger partial charge in [-0.25, -0.2) is 18.0 Å². The number of hydrogen-bond donors (Lipinski definition) is 2. The molecule has 0 fully saturated rings. The molecule has 0 saturated heterocycles. The van der Waals surface area contributed by atoms with Crippen LogP contribution in [0.2, 0.25) is 0 Å². The standard InChI is InChI=1S/C12H8O7S.C8H20N/c13-11(14)7-2-1-6-3-8(12(15)16)5-10(9(6)4-7)20(17,18)19;1-5-9(6-2,7-3)8-4/h1-5H,(H,13,14)(H,15,16)(H,17,18,19);5-8H2,1-4H3/q;+1/p-1. The summed E-state index contributed by atoms with van der Waals surface area (Å²) in [7, 11) is -4.93. The average molecular weight is 426 g/mol. The quantitative estimate of drug-likeness (QED) is 0.515. The molecule has 2 aromatic rings. The van der Waals surface area contributed by atoms with Crippen molar-refractivity contribution in [2.24, 2.45) is 0 Å². The predicted octanol–water partition coefficient (Wildman–Crippen LogP) is 3.02. The predicted molar refractivity (Wildman–Crippen MR) is 108 cm³/mol. The van der Waals surface area contributed by atoms with Crippen molar-refractivity contribution in [1.29, 1.82) is 0 Å². The van der Waals surface area contributed by atoms with E-state index in [9.17, 15) is 22.6 Å². The van der Waals surface area contributed by atoms with Crippen LogP contribution in [-0.2, 0) is 10.1 Å². The molecule has 0 bridgehead atoms. The maximum atomic E-state index is 11.2. The zero-order chi connectivity index (χ0) is 22.4. The summed E-state index contributed by atoms with van der Waals surface area (Å²) < 4.78 is 34.9. The third kappa shape index (κ3) is 5.99. The first kappa shape index (κ1) is 24.5. The molecule has 2 N–H and O–H groups in total. The van der Waals surface area contributed by atoms with Crippen molar-refractivity contribution in [1.82, 2.24) is 0 Å². The summed E-state index contributed by atoms with van der Waals surface area (Å²) in [5, 5.41) is 17.8. The Morgan fingerprint density at radius 1 is 0.862 bits per heavy atom. The highest BCUT2D eigenvalue weighted by Gasteiger charge is 2.16. The van der Waals surface area contributed by atoms with Gasteiger partial charge in [0.2, 0.25) is 0 Å². The highest BCUT2D eigenvalue weighted by Crippen LogP contribution is 2.26. The van der Waals surface area contributed by atoms with E-state index >= 15 is 0 Å². The van der Waals surface area contributed by atoms with Crippen molar-refractivity contribution in [2.75, 3.05) is 26.2 Å². The molecule has 160 valence electrons. The van der Waals surface area contributed by atoms with Crippen molar-refractivity contribution in [2.45, 2.75) is 32.6 Å². The van der Waals surface area contributed by atoms with Gasteiger partial charge in [0.1, 0.15) is 10.1 Å². The van der Waals surface area contributed by atoms with E-state index in [1.165, 1.54) is 42.8 Å². The number of carboxylic acids is 2. The average Bonchev–Trinajstić information content (AvgIpc) is 2.68. The number of carboxylic acid groups (broad SMARTS) is 2. The fraction of sp³-hybridized carbons (Fsp3) is 0.400. The van der Waals surface area contributed by atoms with Crippen molar-refractivity contribution < 1.29 is 37.3 Å². The molecule has 0 spiro atoms. The van der Waals surface area contributed by atoms with Crippen molar-refractivity contribution in [3.63, 3.8) is 0 Å². The Morgan fingerprint density at radius 2 is 1.34 bits per heavy atom. The van der Waals surface area contributed by atoms with Gasteiger partial charge in [-0.3, -0.25) is 0 Å². The zero-order valence-electron chi connectivity index (χ0n) is 17.0. The lowest BCUT2D eigenvalue weighted by Crippen LogP contribution is -2.47. The van der Waals surface area contributed by atoms with Crippen LogP contribution in [0.5, 0.6) is 0 Å². The van der Waals surface area contributed by atoms with E-state index in [0.717, 1.165) is 18.2 Å². The molecule has 0 saturated carbocycles. The highest BCUT2D eigenvalue weighted by atomic mass is 32.2. The first-order valence-electron chi connectivity index (χ1n) is 9.30. The van der Waals surface area contributed by atoms with Crippen LogP contribution >= 0.6 is 0 Å². The molecule has 8 nitrogen and oxygen atoms in total. The molecular weight excluding hydrogens is 398 g/mol. The van der Waals surface area contributed by atoms with Gasteiger partial charge in [0.05, 0.1) is 42.2 Å². The lowest BCUT2D eigenvalue weighted by Gasteiger charge is -2.34. The molecule has 0 aliphatic carbocycles. The summed E-state index contributed by atoms with van der Waals surface area (Å²) in [6.07, 6.45) is 0. The summed E-state index contributed by atoms with van der Waals surface area (Å²) in [5.74, 6) is -2.68. The van der Waals surface area contributed by atoms with Crippen LogP contribution in [0.1, 0.15) is 48.4 Å². The Hall–Kier alpha value is -2.49. The molecule has 0 atom stereocenters. The van der Waals surface area contributed by atoms with Crippen molar-refractivity contribution in [3.8, 4) is 0 Å². The molecule has 0 heterocycles. The Labute approximate surface area is 170 Å². The van der Waals surface area contributed by atoms with Crippen LogP contribution in [0.25, 0.3) is 10.8 Å². The first-order valence-corrected chi connectivity index (χ1v) is 10.7. The molecule has 0 aliphatic heterocycles. The van der Waals surface area contributed by atoms with E-state index in [0.29, 0.717) is 0 Å². The topological polar surface area (TPSA) is 132 Å². The Balaban J connectivity index is 0.000000396. The van der Waals surface area contributed by atoms with Crippen LogP contribution < -0.4 is 0 Å². The minimum atomic E-state index is -4.93. The molecule has 29 heavy (non-hydrogen) atoms. The maximum Gasteiger partial charge on any atom is 0.335 e. The summed E-state index contributed by atoms with van der Waals surface area (Å²) in [5.41, 5.74) is -0.569. The first-order chi connectivity index (χ1) is 13.4. The second-order valence-electron chi connectivity index (χ2n) is 6.58. The number of fused-ring (bicyclic) bond motifs is 1. The summed E-state index contributed by atoms with van der Waals surface area (Å²) in [4.78, 5) is 21.0. The van der Waals surface area contributed by atoms with Gasteiger partial charge in [0, 0.05) is 5.39 Å². The summed E-state index contributed by atoms with van der Waals surface area (Å²) in [6.45, 7) is 14.2. The fourth-order valence-corrected chi connectivity index (χ4v) is 3.85. The van der Waals surface area contributed by atoms with Gasteiger partial charge in [0.15, 0.2) is 0 Å². The molecule has 0 aliphatic rings. The number of rotatable bonds is 7. The van der Waals surface area contributed by atoms with Crippen molar-refractivity contribution >= 4 is 32.8 Å². The Kier molecular flexibility index (Phi) is 8.31. The lowest BCUT2D eigenvalue weighted by atomic mass is 10.0. The second kappa shape index (κ2) is 9.82. The number of carbonyl (C=O) groups is 2. The minimum Gasteiger partial charge on any atom is -0.744 e. The van der Waals surface area contributed by atoms with E-state index < -0.39 is 27.0 Å². The van der Waals surface area contributed by atoms with E-state index in [1.807, 2.05) is 0 Å². The third-order valence-electron chi connectivity index (χ3n) is 5.36. The maximum absolute atomic E-state index is 11.2. The zero-order valence-corrected chi connectivity index (χ0v) is 17.8. The molecular formula is C20H27NO7S. The minimum absolute atomic E-state index is 0.120. The SMILES string of the molecule is CC[N+](CC)(CC)CC.O=C(O)c1cc(S(=O)(=O)[O-])c2cc(C(=O)O)ccc2c1. The number of benzene rings is 2. The Bertz CT molecular complexity index is 978. The molecule has 9 heteroatoms. The third-order valence-corrected chi connectivity index (χ3v) is 6.24. The molecule has 2 aromatic carbocycles. The van der Waals surface area contributed by atoms with E-state index in [4.69, 9.17) is 10.2 Å². The van der Waals surface area contributed by atoms with E-state index in [-0.39, 0.29) is 21.9 Å². The van der Waals surface area contributed by atoms with Crippen molar-refractivity contribution in [3.05, 3.63) is 41.5 Å². The van der Waals surface area contributed by atoms with E-state index in [1.54, 1.807) is 0 Å². The molecule has 2 rings (SSSR count). The normalized spacial score (nSPS) is 11.6. The van der Waals surface area contributed by atoms with Gasteiger partial charge >= 0.3 is 11.9 Å². The van der Waals surface area contributed by atoms with Crippen LogP contribution in [0.3, 0.4) is 0 Å². The molecule has 0 amide bonds. The van der Waals surface area contributed by atoms with E-state index in [2.05, 4.69) is 27.7 Å². The Morgan fingerprint density at radius 3 is 1.69 bits per heavy atom. The van der Waals surface area contributed by atoms with Crippen LogP contribution in [-0.4, -0.2) is 65.8 Å². The number of nitrogens with zero attached hydrogens (tertiary/aromatic N) is 1. The highest BCUT2D eigenvalue weighted by molar-refractivity contribution is 7.86. The monoisotopic (exact) mass is 425 g/mol. The fourth-order valence-electron chi connectivity index (χ4n) is 3.13. The number of quaternary nitrogens is 1. The number of aromatic carboxylic acids is 2. The number of hydrogen-bond acceptors (Lipinski definition) is 5. The lowest BCUT2D eigenvalue weighted by molar-refractivity contribution is -0.921. The van der Waals surface area contributed by atoms with Gasteiger partial charge < -0.3 is 19.2 Å².